The summed E-state index contributed by atoms with van der Waals surface area (Å²) in [7, 11) is 0. The fraction of sp³-hybridized carbons (Fsp3) is 0. The molecule has 0 spiro atoms. The minimum atomic E-state index is -0.925. The van der Waals surface area contributed by atoms with Gasteiger partial charge in [0.2, 0.25) is 10.9 Å². The van der Waals surface area contributed by atoms with E-state index in [-0.39, 0.29) is 10.7 Å². The predicted molar refractivity (Wildman–Crippen MR) is 73.6 cm³/mol. The van der Waals surface area contributed by atoms with Crippen molar-refractivity contribution in [2.24, 2.45) is 0 Å². The van der Waals surface area contributed by atoms with Crippen LogP contribution in [0, 0.1) is 0 Å². The second-order valence-corrected chi connectivity index (χ2v) is 4.52. The molecular formula is C14H4N4O4. The van der Waals surface area contributed by atoms with Crippen LogP contribution in [0.5, 0.6) is 0 Å². The fourth-order valence-corrected chi connectivity index (χ4v) is 2.47. The van der Waals surface area contributed by atoms with Crippen molar-refractivity contribution in [3.05, 3.63) is 86.9 Å². The lowest BCUT2D eigenvalue weighted by Gasteiger charge is -1.94. The Morgan fingerprint density at radius 1 is 0.591 bits per heavy atom. The van der Waals surface area contributed by atoms with Crippen LogP contribution in [0.2, 0.25) is 0 Å². The van der Waals surface area contributed by atoms with Gasteiger partial charge in [-0.1, -0.05) is 0 Å². The quantitative estimate of drug-likeness (QED) is 0.268. The largest absolute Gasteiger partial charge is 0.361 e. The molecule has 0 aliphatic rings. The van der Waals surface area contributed by atoms with Gasteiger partial charge in [0, 0.05) is 12.1 Å². The Balaban J connectivity index is 3.09. The van der Waals surface area contributed by atoms with Crippen molar-refractivity contribution < 1.29 is 9.58 Å². The molecule has 0 aliphatic heterocycles. The molecule has 22 heavy (non-hydrogen) atoms. The molecule has 0 radical (unpaired) electrons. The molecule has 0 saturated heterocycles. The van der Waals surface area contributed by atoms with Crippen molar-refractivity contribution in [3.8, 4) is 0 Å². The lowest BCUT2D eigenvalue weighted by Crippen LogP contribution is -2.32. The molecule has 0 aromatic heterocycles. The first-order chi connectivity index (χ1) is 10.5. The average molecular weight is 292 g/mol. The molecule has 0 amide bonds. The second kappa shape index (κ2) is 4.46. The van der Waals surface area contributed by atoms with Gasteiger partial charge in [-0.3, -0.25) is 19.2 Å². The Morgan fingerprint density at radius 2 is 0.955 bits per heavy atom. The molecule has 0 bridgehead atoms. The van der Waals surface area contributed by atoms with Gasteiger partial charge < -0.3 is 11.1 Å². The molecule has 0 N–H and O–H groups in total. The zero-order valence-corrected chi connectivity index (χ0v) is 10.7. The van der Waals surface area contributed by atoms with Crippen molar-refractivity contribution in [1.82, 2.24) is 0 Å². The minimum absolute atomic E-state index is 0.288. The van der Waals surface area contributed by atoms with E-state index < -0.39 is 43.3 Å². The van der Waals surface area contributed by atoms with E-state index in [1.807, 2.05) is 0 Å². The van der Waals surface area contributed by atoms with Crippen LogP contribution in [-0.4, -0.2) is 9.58 Å². The summed E-state index contributed by atoms with van der Waals surface area (Å²) in [5.41, 5.74) is 14.5. The maximum atomic E-state index is 12.5. The van der Waals surface area contributed by atoms with Crippen molar-refractivity contribution >= 4 is 21.5 Å². The van der Waals surface area contributed by atoms with E-state index in [4.69, 9.17) is 11.1 Å². The standard InChI is InChI=1S/C14H4N4O4/c15-17-5-1-3-7(19)11-9(5)13(21)12-8(20)4-2-6(18-16)10(12)14(11)22/h1-4H. The Bertz CT molecular complexity index is 1250. The summed E-state index contributed by atoms with van der Waals surface area (Å²) in [6.07, 6.45) is 0. The molecule has 3 aromatic carbocycles. The molecule has 0 aliphatic carbocycles. The Kier molecular flexibility index (Phi) is 2.71. The van der Waals surface area contributed by atoms with Crippen LogP contribution < -0.4 is 32.4 Å². The summed E-state index contributed by atoms with van der Waals surface area (Å²) in [4.78, 5) is 54.5. The van der Waals surface area contributed by atoms with Crippen LogP contribution in [0.4, 0.5) is 0 Å². The van der Waals surface area contributed by atoms with Gasteiger partial charge in [-0.2, -0.15) is 9.58 Å². The number of nitrogens with zero attached hydrogens (tertiary/aromatic N) is 4. The maximum absolute atomic E-state index is 12.5. The normalized spacial score (nSPS) is 10.5. The van der Waals surface area contributed by atoms with Crippen LogP contribution in [0.25, 0.3) is 32.6 Å². The molecule has 0 saturated carbocycles. The van der Waals surface area contributed by atoms with E-state index in [0.29, 0.717) is 0 Å². The molecule has 8 nitrogen and oxygen atoms in total. The van der Waals surface area contributed by atoms with Crippen molar-refractivity contribution in [1.29, 1.82) is 0 Å². The molecule has 0 unspecified atom stereocenters. The molecule has 0 atom stereocenters. The second-order valence-electron chi connectivity index (χ2n) is 4.52. The van der Waals surface area contributed by atoms with Crippen LogP contribution in [0.3, 0.4) is 0 Å². The number of benzene rings is 3. The third-order valence-electron chi connectivity index (χ3n) is 3.41. The first-order valence-electron chi connectivity index (χ1n) is 5.99. The molecule has 8 heteroatoms. The van der Waals surface area contributed by atoms with Crippen LogP contribution in [0.1, 0.15) is 0 Å². The van der Waals surface area contributed by atoms with Gasteiger partial charge in [-0.25, -0.2) is 0 Å². The monoisotopic (exact) mass is 292 g/mol. The van der Waals surface area contributed by atoms with Gasteiger partial charge in [0.25, 0.3) is 0 Å². The third-order valence-corrected chi connectivity index (χ3v) is 3.41. The van der Waals surface area contributed by atoms with Gasteiger partial charge in [-0.05, 0) is 12.1 Å². The molecule has 3 aromatic rings. The first kappa shape index (κ1) is 13.4. The van der Waals surface area contributed by atoms with E-state index in [9.17, 15) is 19.2 Å². The van der Waals surface area contributed by atoms with E-state index in [1.165, 1.54) is 0 Å². The fourth-order valence-electron chi connectivity index (χ4n) is 2.47. The molecule has 0 fully saturated rings. The van der Waals surface area contributed by atoms with Crippen molar-refractivity contribution in [2.75, 3.05) is 0 Å². The van der Waals surface area contributed by atoms with Crippen molar-refractivity contribution in [2.45, 2.75) is 0 Å². The topological polar surface area (TPSA) is 141 Å². The van der Waals surface area contributed by atoms with Crippen LogP contribution >= 0.6 is 0 Å². The van der Waals surface area contributed by atoms with Crippen LogP contribution in [0.15, 0.2) is 43.4 Å². The predicted octanol–water partition coefficient (Wildman–Crippen LogP) is -1.99. The number of hydrogen-bond acceptors (Lipinski definition) is 4. The summed E-state index contributed by atoms with van der Waals surface area (Å²) >= 11 is 0. The number of hydrogen-bond donors (Lipinski definition) is 0. The maximum Gasteiger partial charge on any atom is 0.327 e. The summed E-state index contributed by atoms with van der Waals surface area (Å²) in [5.74, 6) is 0. The minimum Gasteiger partial charge on any atom is -0.361 e. The Morgan fingerprint density at radius 3 is 1.27 bits per heavy atom. The van der Waals surface area contributed by atoms with Crippen LogP contribution in [-0.2, 0) is 0 Å². The summed E-state index contributed by atoms with van der Waals surface area (Å²) in [5, 5.41) is -2.46. The molecular weight excluding hydrogens is 288 g/mol. The van der Waals surface area contributed by atoms with Crippen molar-refractivity contribution in [3.63, 3.8) is 0 Å². The van der Waals surface area contributed by atoms with E-state index in [1.54, 1.807) is 0 Å². The van der Waals surface area contributed by atoms with Gasteiger partial charge in [0.15, 0.2) is 10.9 Å². The first-order valence-corrected chi connectivity index (χ1v) is 5.99. The van der Waals surface area contributed by atoms with E-state index in [0.717, 1.165) is 24.3 Å². The lowest BCUT2D eigenvalue weighted by atomic mass is 10.0. The van der Waals surface area contributed by atoms with Gasteiger partial charge in [0.1, 0.15) is 10.8 Å². The highest BCUT2D eigenvalue weighted by molar-refractivity contribution is 5.96. The smallest absolute Gasteiger partial charge is 0.327 e. The zero-order chi connectivity index (χ0) is 16.0. The van der Waals surface area contributed by atoms with Gasteiger partial charge in [-0.15, -0.1) is 0 Å². The highest BCUT2D eigenvalue weighted by Gasteiger charge is 2.22. The van der Waals surface area contributed by atoms with E-state index >= 15 is 0 Å². The summed E-state index contributed by atoms with van der Waals surface area (Å²) < 4.78 is 0. The molecule has 0 heterocycles. The molecule has 3 rings (SSSR count). The Labute approximate surface area is 119 Å². The van der Waals surface area contributed by atoms with E-state index in [2.05, 4.69) is 9.58 Å². The summed E-state index contributed by atoms with van der Waals surface area (Å²) in [6, 6.07) is 4.09. The SMILES string of the molecule is [N-]=[N+]=c1ccc(=O)c2c(=O)c3c(=[N+]=[N-])ccc(=O)c3c(=O)c12. The zero-order valence-electron chi connectivity index (χ0n) is 10.7. The lowest BCUT2D eigenvalue weighted by molar-refractivity contribution is -0.0632. The number of rotatable bonds is 0. The highest BCUT2D eigenvalue weighted by atomic mass is 16.1. The highest BCUT2D eigenvalue weighted by Crippen LogP contribution is 2.00. The van der Waals surface area contributed by atoms with Gasteiger partial charge in [0.05, 0.1) is 10.8 Å². The molecule has 104 valence electrons. The third kappa shape index (κ3) is 1.53. The Hall–Kier alpha value is -3.60. The number of fused-ring (bicyclic) bond motifs is 2. The van der Waals surface area contributed by atoms with Gasteiger partial charge >= 0.3 is 10.7 Å². The average Bonchev–Trinajstić information content (AvgIpc) is 2.52. The summed E-state index contributed by atoms with van der Waals surface area (Å²) in [6.45, 7) is 0.